The Hall–Kier alpha value is -1.22. The van der Waals surface area contributed by atoms with E-state index in [1.807, 2.05) is 0 Å². The Bertz CT molecular complexity index is 273. The number of rotatable bonds is 1. The van der Waals surface area contributed by atoms with Crippen LogP contribution in [0, 0.1) is 0 Å². The molecule has 1 aromatic rings. The zero-order valence-electron chi connectivity index (χ0n) is 5.41. The molecular weight excluding hydrogens is 168 g/mol. The Morgan fingerprint density at radius 2 is 1.73 bits per heavy atom. The van der Waals surface area contributed by atoms with Crippen molar-refractivity contribution in [2.24, 2.45) is 0 Å². The molecule has 4 heteroatoms. The summed E-state index contributed by atoms with van der Waals surface area (Å²) in [6.45, 7) is 0. The third-order valence-corrected chi connectivity index (χ3v) is 1.58. The highest BCUT2D eigenvalue weighted by Gasteiger charge is 2.05. The molecule has 2 N–H and O–H groups in total. The molecule has 1 aromatic carbocycles. The van der Waals surface area contributed by atoms with Crippen LogP contribution in [0.4, 0.5) is 0 Å². The third-order valence-electron chi connectivity index (χ3n) is 1.19. The van der Waals surface area contributed by atoms with Crippen LogP contribution in [0.5, 0.6) is 11.5 Å². The van der Waals surface area contributed by atoms with Crippen LogP contribution in [0.25, 0.3) is 0 Å². The lowest BCUT2D eigenvalue weighted by Crippen LogP contribution is -1.79. The molecule has 58 valence electrons. The quantitative estimate of drug-likeness (QED) is 0.632. The van der Waals surface area contributed by atoms with Gasteiger partial charge in [0.2, 0.25) is 0 Å². The molecule has 0 bridgehead atoms. The smallest absolute Gasteiger partial charge is 0.150 e. The van der Waals surface area contributed by atoms with Crippen molar-refractivity contribution in [1.82, 2.24) is 0 Å². The van der Waals surface area contributed by atoms with Crippen LogP contribution in [-0.4, -0.2) is 16.5 Å². The maximum Gasteiger partial charge on any atom is 0.150 e. The van der Waals surface area contributed by atoms with Gasteiger partial charge in [-0.15, -0.1) is 0 Å². The summed E-state index contributed by atoms with van der Waals surface area (Å²) in [7, 11) is 0. The number of aldehydes is 1. The Kier molecular flexibility index (Phi) is 2.01. The molecule has 0 aromatic heterocycles. The van der Waals surface area contributed by atoms with E-state index in [4.69, 9.17) is 21.8 Å². The van der Waals surface area contributed by atoms with E-state index < -0.39 is 0 Å². The zero-order valence-corrected chi connectivity index (χ0v) is 6.17. The van der Waals surface area contributed by atoms with E-state index in [1.54, 1.807) is 0 Å². The molecule has 0 spiro atoms. The zero-order chi connectivity index (χ0) is 8.43. The maximum atomic E-state index is 10.2. The van der Waals surface area contributed by atoms with Gasteiger partial charge in [0, 0.05) is 5.56 Å². The van der Waals surface area contributed by atoms with Crippen LogP contribution in [0.3, 0.4) is 0 Å². The average Bonchev–Trinajstić information content (AvgIpc) is 1.99. The number of hydrogen-bond acceptors (Lipinski definition) is 3. The first kappa shape index (κ1) is 7.88. The first-order chi connectivity index (χ1) is 5.15. The lowest BCUT2D eigenvalue weighted by molar-refractivity contribution is 0.112. The van der Waals surface area contributed by atoms with Gasteiger partial charge in [0.25, 0.3) is 0 Å². The van der Waals surface area contributed by atoms with Crippen molar-refractivity contribution < 1.29 is 15.0 Å². The van der Waals surface area contributed by atoms with Crippen molar-refractivity contribution in [2.75, 3.05) is 0 Å². The molecule has 0 saturated heterocycles. The van der Waals surface area contributed by atoms with Gasteiger partial charge in [-0.1, -0.05) is 11.6 Å². The van der Waals surface area contributed by atoms with Crippen molar-refractivity contribution in [3.05, 3.63) is 22.7 Å². The number of benzene rings is 1. The minimum Gasteiger partial charge on any atom is -0.506 e. The Balaban J connectivity index is 3.31. The van der Waals surface area contributed by atoms with Crippen LogP contribution in [0.2, 0.25) is 5.02 Å². The highest BCUT2D eigenvalue weighted by molar-refractivity contribution is 6.33. The Morgan fingerprint density at radius 3 is 2.09 bits per heavy atom. The van der Waals surface area contributed by atoms with Crippen molar-refractivity contribution in [2.45, 2.75) is 0 Å². The molecule has 0 heterocycles. The van der Waals surface area contributed by atoms with Gasteiger partial charge < -0.3 is 10.2 Å². The van der Waals surface area contributed by atoms with Crippen LogP contribution in [0.15, 0.2) is 12.1 Å². The van der Waals surface area contributed by atoms with Crippen molar-refractivity contribution in [3.63, 3.8) is 0 Å². The molecule has 0 radical (unpaired) electrons. The van der Waals surface area contributed by atoms with Crippen LogP contribution >= 0.6 is 11.6 Å². The van der Waals surface area contributed by atoms with Gasteiger partial charge in [0.15, 0.2) is 0 Å². The molecule has 0 aliphatic rings. The predicted octanol–water partition coefficient (Wildman–Crippen LogP) is 1.56. The number of aromatic hydroxyl groups is 2. The lowest BCUT2D eigenvalue weighted by atomic mass is 10.2. The summed E-state index contributed by atoms with van der Waals surface area (Å²) in [6, 6.07) is 2.35. The van der Waals surface area contributed by atoms with E-state index in [-0.39, 0.29) is 22.1 Å². The fourth-order valence-electron chi connectivity index (χ4n) is 0.683. The summed E-state index contributed by atoms with van der Waals surface area (Å²) in [6.07, 6.45) is 0.510. The van der Waals surface area contributed by atoms with E-state index in [2.05, 4.69) is 0 Å². The number of carbonyl (C=O) groups excluding carboxylic acids is 1. The second-order valence-electron chi connectivity index (χ2n) is 1.99. The largest absolute Gasteiger partial charge is 0.506 e. The molecular formula is C7H5ClO3. The predicted molar refractivity (Wildman–Crippen MR) is 40.2 cm³/mol. The van der Waals surface area contributed by atoms with Gasteiger partial charge in [-0.3, -0.25) is 4.79 Å². The van der Waals surface area contributed by atoms with Gasteiger partial charge in [0.1, 0.15) is 22.8 Å². The number of phenolic OH excluding ortho intramolecular Hbond substituents is 2. The molecule has 0 unspecified atom stereocenters. The molecule has 0 fully saturated rings. The van der Waals surface area contributed by atoms with E-state index in [0.717, 1.165) is 0 Å². The number of halogens is 1. The fourth-order valence-corrected chi connectivity index (χ4v) is 0.792. The molecule has 3 nitrogen and oxygen atoms in total. The highest BCUT2D eigenvalue weighted by atomic mass is 35.5. The minimum absolute atomic E-state index is 0.143. The van der Waals surface area contributed by atoms with Gasteiger partial charge in [0.05, 0.1) is 0 Å². The molecule has 0 amide bonds. The normalized spacial score (nSPS) is 9.55. The molecule has 1 rings (SSSR count). The van der Waals surface area contributed by atoms with Gasteiger partial charge in [-0.2, -0.15) is 0 Å². The number of phenols is 2. The molecule has 0 atom stereocenters. The summed E-state index contributed by atoms with van der Waals surface area (Å²) >= 11 is 5.39. The van der Waals surface area contributed by atoms with Crippen molar-refractivity contribution >= 4 is 17.9 Å². The van der Waals surface area contributed by atoms with Gasteiger partial charge in [-0.25, -0.2) is 0 Å². The number of carbonyl (C=O) groups is 1. The molecule has 0 aliphatic heterocycles. The fraction of sp³-hybridized carbons (Fsp3) is 0. The standard InChI is InChI=1S/C7H5ClO3/c8-7-5(10)1-4(3-9)2-6(7)11/h1-3,10-11H. The minimum atomic E-state index is -0.297. The van der Waals surface area contributed by atoms with E-state index >= 15 is 0 Å². The van der Waals surface area contributed by atoms with E-state index in [0.29, 0.717) is 6.29 Å². The first-order valence-corrected chi connectivity index (χ1v) is 3.19. The topological polar surface area (TPSA) is 57.5 Å². The maximum absolute atomic E-state index is 10.2. The SMILES string of the molecule is O=Cc1cc(O)c(Cl)c(O)c1. The molecule has 0 aliphatic carbocycles. The summed E-state index contributed by atoms with van der Waals surface area (Å²) in [5, 5.41) is 17.8. The lowest BCUT2D eigenvalue weighted by Gasteiger charge is -1.99. The second kappa shape index (κ2) is 2.80. The third kappa shape index (κ3) is 1.43. The molecule has 11 heavy (non-hydrogen) atoms. The number of hydrogen-bond donors (Lipinski definition) is 2. The summed E-state index contributed by atoms with van der Waals surface area (Å²) in [5.41, 5.74) is 0.185. The molecule has 0 saturated carbocycles. The van der Waals surface area contributed by atoms with Crippen LogP contribution < -0.4 is 0 Å². The first-order valence-electron chi connectivity index (χ1n) is 2.82. The average molecular weight is 173 g/mol. The van der Waals surface area contributed by atoms with E-state index in [1.165, 1.54) is 12.1 Å². The van der Waals surface area contributed by atoms with Crippen molar-refractivity contribution in [3.8, 4) is 11.5 Å². The second-order valence-corrected chi connectivity index (χ2v) is 2.37. The monoisotopic (exact) mass is 172 g/mol. The van der Waals surface area contributed by atoms with E-state index in [9.17, 15) is 4.79 Å². The van der Waals surface area contributed by atoms with Gasteiger partial charge in [-0.05, 0) is 12.1 Å². The Labute approximate surface area is 67.8 Å². The summed E-state index contributed by atoms with van der Waals surface area (Å²) in [5.74, 6) is -0.595. The van der Waals surface area contributed by atoms with Crippen LogP contribution in [0.1, 0.15) is 10.4 Å². The van der Waals surface area contributed by atoms with Crippen LogP contribution in [-0.2, 0) is 0 Å². The highest BCUT2D eigenvalue weighted by Crippen LogP contribution is 2.32. The summed E-state index contributed by atoms with van der Waals surface area (Å²) < 4.78 is 0. The van der Waals surface area contributed by atoms with Gasteiger partial charge >= 0.3 is 0 Å². The van der Waals surface area contributed by atoms with Crippen molar-refractivity contribution in [1.29, 1.82) is 0 Å². The Morgan fingerprint density at radius 1 is 1.27 bits per heavy atom. The summed E-state index contributed by atoms with van der Waals surface area (Å²) in [4.78, 5) is 10.2.